The molecule has 0 saturated carbocycles. The molecular formula is C15H20BrN3O. The maximum atomic E-state index is 9.47. The first-order valence-electron chi connectivity index (χ1n) is 7.03. The molecule has 108 valence electrons. The molecule has 2 rings (SSSR count). The van der Waals surface area contributed by atoms with Crippen LogP contribution < -0.4 is 10.1 Å². The SMILES string of the molecule is CCCOc1ccc(C(C#N)N2CCNCC2)cc1Br. The normalized spacial score (nSPS) is 17.4. The topological polar surface area (TPSA) is 48.3 Å². The third-order valence-electron chi connectivity index (χ3n) is 3.37. The zero-order chi connectivity index (χ0) is 14.4. The molecule has 1 unspecified atom stereocenters. The summed E-state index contributed by atoms with van der Waals surface area (Å²) >= 11 is 3.53. The second-order valence-corrected chi connectivity index (χ2v) is 5.71. The molecule has 0 aliphatic carbocycles. The lowest BCUT2D eigenvalue weighted by atomic mass is 10.1. The molecule has 0 radical (unpaired) electrons. The van der Waals surface area contributed by atoms with E-state index in [0.717, 1.165) is 48.4 Å². The molecule has 1 N–H and O–H groups in total. The van der Waals surface area contributed by atoms with E-state index in [2.05, 4.69) is 39.1 Å². The van der Waals surface area contributed by atoms with Gasteiger partial charge >= 0.3 is 0 Å². The van der Waals surface area contributed by atoms with Gasteiger partial charge in [-0.05, 0) is 40.0 Å². The van der Waals surface area contributed by atoms with Gasteiger partial charge in [-0.1, -0.05) is 13.0 Å². The van der Waals surface area contributed by atoms with Gasteiger partial charge in [0.15, 0.2) is 0 Å². The number of ether oxygens (including phenoxy) is 1. The Kier molecular flexibility index (Phi) is 5.84. The Morgan fingerprint density at radius 2 is 2.20 bits per heavy atom. The van der Waals surface area contributed by atoms with Gasteiger partial charge in [-0.15, -0.1) is 0 Å². The zero-order valence-electron chi connectivity index (χ0n) is 11.7. The van der Waals surface area contributed by atoms with Crippen LogP contribution in [0, 0.1) is 11.3 Å². The number of nitrogens with zero attached hydrogens (tertiary/aromatic N) is 2. The van der Waals surface area contributed by atoms with Crippen LogP contribution in [0.5, 0.6) is 5.75 Å². The number of piperazine rings is 1. The average molecular weight is 338 g/mol. The molecule has 0 bridgehead atoms. The maximum absolute atomic E-state index is 9.47. The molecule has 1 saturated heterocycles. The second-order valence-electron chi connectivity index (χ2n) is 4.86. The van der Waals surface area contributed by atoms with Crippen LogP contribution >= 0.6 is 15.9 Å². The summed E-state index contributed by atoms with van der Waals surface area (Å²) in [6.45, 7) is 6.48. The predicted octanol–water partition coefficient (Wildman–Crippen LogP) is 2.71. The molecule has 20 heavy (non-hydrogen) atoms. The summed E-state index contributed by atoms with van der Waals surface area (Å²) in [5.41, 5.74) is 1.02. The van der Waals surface area contributed by atoms with Crippen LogP contribution in [0.1, 0.15) is 24.9 Å². The van der Waals surface area contributed by atoms with Gasteiger partial charge in [0, 0.05) is 26.2 Å². The Hall–Kier alpha value is -1.09. The summed E-state index contributed by atoms with van der Waals surface area (Å²) < 4.78 is 6.56. The predicted molar refractivity (Wildman–Crippen MR) is 82.7 cm³/mol. The van der Waals surface area contributed by atoms with E-state index in [1.54, 1.807) is 0 Å². The highest BCUT2D eigenvalue weighted by molar-refractivity contribution is 9.10. The molecule has 1 atom stereocenters. The fourth-order valence-electron chi connectivity index (χ4n) is 2.32. The second kappa shape index (κ2) is 7.63. The van der Waals surface area contributed by atoms with Crippen LogP contribution in [0.2, 0.25) is 0 Å². The highest BCUT2D eigenvalue weighted by Crippen LogP contribution is 2.30. The number of hydrogen-bond donors (Lipinski definition) is 1. The number of nitriles is 1. The molecule has 1 aliphatic heterocycles. The standard InChI is InChI=1S/C15H20BrN3O/c1-2-9-20-15-4-3-12(10-13(15)16)14(11-17)19-7-5-18-6-8-19/h3-4,10,14,18H,2,5-9H2,1H3. The van der Waals surface area contributed by atoms with Crippen molar-refractivity contribution in [3.8, 4) is 11.8 Å². The first-order valence-corrected chi connectivity index (χ1v) is 7.82. The summed E-state index contributed by atoms with van der Waals surface area (Å²) in [4.78, 5) is 2.21. The number of rotatable bonds is 5. The van der Waals surface area contributed by atoms with Gasteiger partial charge in [0.1, 0.15) is 11.8 Å². The summed E-state index contributed by atoms with van der Waals surface area (Å²) in [5.74, 6) is 0.840. The molecule has 5 heteroatoms. The third kappa shape index (κ3) is 3.72. The number of nitrogens with one attached hydrogen (secondary N) is 1. The van der Waals surface area contributed by atoms with E-state index in [1.165, 1.54) is 0 Å². The summed E-state index contributed by atoms with van der Waals surface area (Å²) in [6.07, 6.45) is 0.982. The van der Waals surface area contributed by atoms with E-state index in [1.807, 2.05) is 18.2 Å². The Morgan fingerprint density at radius 3 is 2.80 bits per heavy atom. The van der Waals surface area contributed by atoms with E-state index in [4.69, 9.17) is 4.74 Å². The van der Waals surface area contributed by atoms with Crippen molar-refractivity contribution in [3.63, 3.8) is 0 Å². The Bertz CT molecular complexity index is 480. The van der Waals surface area contributed by atoms with Crippen molar-refractivity contribution in [2.75, 3.05) is 32.8 Å². The lowest BCUT2D eigenvalue weighted by Crippen LogP contribution is -2.44. The molecule has 1 heterocycles. The van der Waals surface area contributed by atoms with Crippen molar-refractivity contribution >= 4 is 15.9 Å². The van der Waals surface area contributed by atoms with Gasteiger partial charge in [-0.25, -0.2) is 0 Å². The molecule has 0 aromatic heterocycles. The zero-order valence-corrected chi connectivity index (χ0v) is 13.3. The number of halogens is 1. The Morgan fingerprint density at radius 1 is 1.45 bits per heavy atom. The molecule has 0 amide bonds. The molecule has 0 spiro atoms. The number of hydrogen-bond acceptors (Lipinski definition) is 4. The minimum Gasteiger partial charge on any atom is -0.492 e. The van der Waals surface area contributed by atoms with Crippen molar-refractivity contribution in [2.45, 2.75) is 19.4 Å². The van der Waals surface area contributed by atoms with E-state index in [9.17, 15) is 5.26 Å². The van der Waals surface area contributed by atoms with Crippen LogP contribution in [0.15, 0.2) is 22.7 Å². The van der Waals surface area contributed by atoms with Crippen LogP contribution in [0.3, 0.4) is 0 Å². The molecule has 4 nitrogen and oxygen atoms in total. The highest BCUT2D eigenvalue weighted by atomic mass is 79.9. The van der Waals surface area contributed by atoms with E-state index >= 15 is 0 Å². The lowest BCUT2D eigenvalue weighted by molar-refractivity contribution is 0.207. The maximum Gasteiger partial charge on any atom is 0.133 e. The molecular weight excluding hydrogens is 318 g/mol. The molecule has 1 aliphatic rings. The van der Waals surface area contributed by atoms with Gasteiger partial charge in [0.25, 0.3) is 0 Å². The molecule has 1 aromatic rings. The summed E-state index contributed by atoms with van der Waals surface area (Å²) in [6, 6.07) is 8.17. The van der Waals surface area contributed by atoms with Gasteiger partial charge in [0.2, 0.25) is 0 Å². The minimum atomic E-state index is -0.186. The van der Waals surface area contributed by atoms with Crippen LogP contribution in [0.4, 0.5) is 0 Å². The molecule has 1 fully saturated rings. The van der Waals surface area contributed by atoms with Gasteiger partial charge < -0.3 is 10.1 Å². The Balaban J connectivity index is 2.14. The first kappa shape index (κ1) is 15.3. The summed E-state index contributed by atoms with van der Waals surface area (Å²) in [5, 5.41) is 12.8. The summed E-state index contributed by atoms with van der Waals surface area (Å²) in [7, 11) is 0. The minimum absolute atomic E-state index is 0.186. The smallest absolute Gasteiger partial charge is 0.133 e. The highest BCUT2D eigenvalue weighted by Gasteiger charge is 2.22. The van der Waals surface area contributed by atoms with E-state index in [0.29, 0.717) is 6.61 Å². The van der Waals surface area contributed by atoms with E-state index in [-0.39, 0.29) is 6.04 Å². The lowest BCUT2D eigenvalue weighted by Gasteiger charge is -2.31. The van der Waals surface area contributed by atoms with Crippen LogP contribution in [-0.2, 0) is 0 Å². The fraction of sp³-hybridized carbons (Fsp3) is 0.533. The van der Waals surface area contributed by atoms with Crippen LogP contribution in [0.25, 0.3) is 0 Å². The van der Waals surface area contributed by atoms with E-state index < -0.39 is 0 Å². The third-order valence-corrected chi connectivity index (χ3v) is 3.99. The monoisotopic (exact) mass is 337 g/mol. The van der Waals surface area contributed by atoms with Crippen molar-refractivity contribution in [1.29, 1.82) is 5.26 Å². The van der Waals surface area contributed by atoms with Crippen molar-refractivity contribution in [2.24, 2.45) is 0 Å². The van der Waals surface area contributed by atoms with Crippen molar-refractivity contribution in [1.82, 2.24) is 10.2 Å². The average Bonchev–Trinajstić information content (AvgIpc) is 2.48. The number of benzene rings is 1. The van der Waals surface area contributed by atoms with Crippen molar-refractivity contribution < 1.29 is 4.74 Å². The largest absolute Gasteiger partial charge is 0.492 e. The fourth-order valence-corrected chi connectivity index (χ4v) is 2.83. The molecule has 1 aromatic carbocycles. The quantitative estimate of drug-likeness (QED) is 0.897. The van der Waals surface area contributed by atoms with Crippen molar-refractivity contribution in [3.05, 3.63) is 28.2 Å². The first-order chi connectivity index (χ1) is 9.76. The van der Waals surface area contributed by atoms with Gasteiger partial charge in [-0.3, -0.25) is 4.90 Å². The Labute approximate surface area is 128 Å². The van der Waals surface area contributed by atoms with Crippen LogP contribution in [-0.4, -0.2) is 37.7 Å². The van der Waals surface area contributed by atoms with Gasteiger partial charge in [-0.2, -0.15) is 5.26 Å². The van der Waals surface area contributed by atoms with Gasteiger partial charge in [0.05, 0.1) is 17.1 Å².